The number of pyridine rings is 1. The third kappa shape index (κ3) is 1.96. The van der Waals surface area contributed by atoms with Gasteiger partial charge in [0.1, 0.15) is 0 Å². The Bertz CT molecular complexity index is 572. The highest BCUT2D eigenvalue weighted by atomic mass is 15.0. The lowest BCUT2D eigenvalue weighted by Crippen LogP contribution is -2.24. The van der Waals surface area contributed by atoms with Crippen LogP contribution in [0.5, 0.6) is 0 Å². The molecule has 1 fully saturated rings. The molecule has 88 valence electrons. The van der Waals surface area contributed by atoms with Crippen molar-refractivity contribution in [3.8, 4) is 11.8 Å². The van der Waals surface area contributed by atoms with Crippen LogP contribution in [0.2, 0.25) is 0 Å². The summed E-state index contributed by atoms with van der Waals surface area (Å²) in [6.07, 6.45) is 12.1. The van der Waals surface area contributed by atoms with Crippen LogP contribution in [0, 0.1) is 23.7 Å². The van der Waals surface area contributed by atoms with Gasteiger partial charge in [0.15, 0.2) is 0 Å². The first kappa shape index (κ1) is 10.9. The van der Waals surface area contributed by atoms with Gasteiger partial charge in [-0.2, -0.15) is 0 Å². The zero-order chi connectivity index (χ0) is 12.4. The summed E-state index contributed by atoms with van der Waals surface area (Å²) in [7, 11) is 0. The molecule has 2 nitrogen and oxygen atoms in total. The number of nitrogens with zero attached hydrogens (tertiary/aromatic N) is 1. The number of nitrogens with one attached hydrogen (secondary N) is 1. The Kier molecular flexibility index (Phi) is 2.74. The van der Waals surface area contributed by atoms with Crippen LogP contribution < -0.4 is 5.32 Å². The molecule has 2 heterocycles. The summed E-state index contributed by atoms with van der Waals surface area (Å²) in [4.78, 5) is 4.06. The molecule has 2 aliphatic rings. The highest BCUT2D eigenvalue weighted by molar-refractivity contribution is 5.38. The normalized spacial score (nSPS) is 28.2. The minimum Gasteiger partial charge on any atom is -0.381 e. The molecular weight excluding hydrogens is 220 g/mol. The van der Waals surface area contributed by atoms with Crippen molar-refractivity contribution in [1.29, 1.82) is 0 Å². The van der Waals surface area contributed by atoms with Gasteiger partial charge in [0.25, 0.3) is 0 Å². The molecular formula is C16H14N2. The minimum absolute atomic E-state index is 0.177. The maximum absolute atomic E-state index is 4.08. The second-order valence-corrected chi connectivity index (χ2v) is 4.53. The van der Waals surface area contributed by atoms with Crippen molar-refractivity contribution < 1.29 is 0 Å². The predicted octanol–water partition coefficient (Wildman–Crippen LogP) is 2.28. The van der Waals surface area contributed by atoms with E-state index < -0.39 is 0 Å². The van der Waals surface area contributed by atoms with Crippen molar-refractivity contribution in [1.82, 2.24) is 10.3 Å². The Labute approximate surface area is 107 Å². The summed E-state index contributed by atoms with van der Waals surface area (Å²) in [5.74, 6) is 7.06. The predicted molar refractivity (Wildman–Crippen MR) is 72.4 cm³/mol. The molecule has 2 unspecified atom stereocenters. The van der Waals surface area contributed by atoms with Gasteiger partial charge in [-0.3, -0.25) is 4.98 Å². The number of aromatic nitrogens is 1. The van der Waals surface area contributed by atoms with Crippen LogP contribution in [0.4, 0.5) is 0 Å². The molecule has 1 aliphatic heterocycles. The fourth-order valence-corrected chi connectivity index (χ4v) is 2.40. The second-order valence-electron chi connectivity index (χ2n) is 4.53. The average Bonchev–Trinajstić information content (AvgIpc) is 2.73. The molecule has 0 aromatic carbocycles. The molecule has 1 aliphatic carbocycles. The fraction of sp³-hybridized carbons (Fsp3) is 0.188. The lowest BCUT2D eigenvalue weighted by Gasteiger charge is -2.16. The number of hydrogen-bond donors (Lipinski definition) is 1. The van der Waals surface area contributed by atoms with Gasteiger partial charge in [-0.05, 0) is 12.1 Å². The minimum atomic E-state index is 0.177. The Morgan fingerprint density at radius 2 is 2.17 bits per heavy atom. The van der Waals surface area contributed by atoms with E-state index in [0.29, 0.717) is 12.0 Å². The van der Waals surface area contributed by atoms with Crippen molar-refractivity contribution >= 4 is 0 Å². The Hall–Kier alpha value is -2.27. The third-order valence-electron chi connectivity index (χ3n) is 3.32. The summed E-state index contributed by atoms with van der Waals surface area (Å²) in [6, 6.07) is 4.22. The monoisotopic (exact) mass is 234 g/mol. The van der Waals surface area contributed by atoms with Gasteiger partial charge in [-0.15, -0.1) is 0 Å². The topological polar surface area (TPSA) is 24.9 Å². The van der Waals surface area contributed by atoms with Crippen molar-refractivity contribution in [3.05, 3.63) is 66.7 Å². The standard InChI is InChI=1S/C16H14N2/c1-12-14(9-8-13-5-4-10-17-11-13)15-6-2-3-7-16(15)18-12/h2-7,10-11,14-16,18H,1H2/t14?,15-,16?/m1/s1. The van der Waals surface area contributed by atoms with Crippen molar-refractivity contribution in [2.45, 2.75) is 6.04 Å². The third-order valence-corrected chi connectivity index (χ3v) is 3.32. The Balaban J connectivity index is 1.85. The fourth-order valence-electron chi connectivity index (χ4n) is 2.40. The van der Waals surface area contributed by atoms with Gasteiger partial charge < -0.3 is 5.32 Å². The molecule has 3 atom stereocenters. The van der Waals surface area contributed by atoms with E-state index in [-0.39, 0.29) is 5.92 Å². The first-order chi connectivity index (χ1) is 8.84. The van der Waals surface area contributed by atoms with E-state index in [2.05, 4.69) is 53.0 Å². The highest BCUT2D eigenvalue weighted by Gasteiger charge is 2.35. The van der Waals surface area contributed by atoms with Crippen molar-refractivity contribution in [2.24, 2.45) is 11.8 Å². The number of fused-ring (bicyclic) bond motifs is 1. The van der Waals surface area contributed by atoms with Crippen LogP contribution in [0.1, 0.15) is 5.56 Å². The molecule has 0 bridgehead atoms. The summed E-state index contributed by atoms with van der Waals surface area (Å²) >= 11 is 0. The molecule has 0 amide bonds. The van der Waals surface area contributed by atoms with Gasteiger partial charge in [0.2, 0.25) is 0 Å². The van der Waals surface area contributed by atoms with Crippen LogP contribution >= 0.6 is 0 Å². The van der Waals surface area contributed by atoms with E-state index >= 15 is 0 Å². The lowest BCUT2D eigenvalue weighted by atomic mass is 9.87. The lowest BCUT2D eigenvalue weighted by molar-refractivity contribution is 0.563. The quantitative estimate of drug-likeness (QED) is 0.697. The first-order valence-corrected chi connectivity index (χ1v) is 6.06. The zero-order valence-electron chi connectivity index (χ0n) is 10.0. The molecule has 1 saturated heterocycles. The van der Waals surface area contributed by atoms with E-state index in [9.17, 15) is 0 Å². The van der Waals surface area contributed by atoms with Crippen LogP contribution in [-0.2, 0) is 0 Å². The molecule has 1 N–H and O–H groups in total. The van der Waals surface area contributed by atoms with Gasteiger partial charge in [-0.25, -0.2) is 0 Å². The smallest absolute Gasteiger partial charge is 0.0682 e. The molecule has 0 saturated carbocycles. The summed E-state index contributed by atoms with van der Waals surface area (Å²) in [5, 5.41) is 3.39. The van der Waals surface area contributed by atoms with E-state index in [1.54, 1.807) is 12.4 Å². The number of hydrogen-bond acceptors (Lipinski definition) is 2. The van der Waals surface area contributed by atoms with Gasteiger partial charge in [0, 0.05) is 29.6 Å². The molecule has 2 heteroatoms. The summed E-state index contributed by atoms with van der Waals surface area (Å²) in [6.45, 7) is 4.08. The maximum Gasteiger partial charge on any atom is 0.0682 e. The average molecular weight is 234 g/mol. The molecule has 1 aromatic rings. The molecule has 3 rings (SSSR count). The Morgan fingerprint density at radius 3 is 3.00 bits per heavy atom. The number of rotatable bonds is 0. The van der Waals surface area contributed by atoms with Gasteiger partial charge in [-0.1, -0.05) is 42.7 Å². The van der Waals surface area contributed by atoms with Crippen molar-refractivity contribution in [3.63, 3.8) is 0 Å². The number of allylic oxidation sites excluding steroid dienone is 3. The summed E-state index contributed by atoms with van der Waals surface area (Å²) < 4.78 is 0. The van der Waals surface area contributed by atoms with E-state index in [1.807, 2.05) is 12.1 Å². The van der Waals surface area contributed by atoms with Gasteiger partial charge >= 0.3 is 0 Å². The molecule has 1 aromatic heterocycles. The largest absolute Gasteiger partial charge is 0.381 e. The zero-order valence-corrected chi connectivity index (χ0v) is 10.0. The van der Waals surface area contributed by atoms with E-state index in [0.717, 1.165) is 11.3 Å². The van der Waals surface area contributed by atoms with Gasteiger partial charge in [0.05, 0.1) is 12.0 Å². The van der Waals surface area contributed by atoms with E-state index in [1.165, 1.54) is 0 Å². The van der Waals surface area contributed by atoms with Crippen molar-refractivity contribution in [2.75, 3.05) is 0 Å². The van der Waals surface area contributed by atoms with Crippen LogP contribution in [0.3, 0.4) is 0 Å². The van der Waals surface area contributed by atoms with Crippen LogP contribution in [-0.4, -0.2) is 11.0 Å². The molecule has 18 heavy (non-hydrogen) atoms. The Morgan fingerprint density at radius 1 is 1.28 bits per heavy atom. The van der Waals surface area contributed by atoms with Crippen LogP contribution in [0.15, 0.2) is 61.1 Å². The SMILES string of the molecule is C=C1NC2C=CC=C[C@@H]2C1C#Cc1cccnc1. The van der Waals surface area contributed by atoms with Crippen LogP contribution in [0.25, 0.3) is 0 Å². The van der Waals surface area contributed by atoms with E-state index in [4.69, 9.17) is 0 Å². The highest BCUT2D eigenvalue weighted by Crippen LogP contribution is 2.32. The maximum atomic E-state index is 4.08. The first-order valence-electron chi connectivity index (χ1n) is 6.06. The second kappa shape index (κ2) is 4.54. The summed E-state index contributed by atoms with van der Waals surface area (Å²) in [5.41, 5.74) is 1.96. The molecule has 0 radical (unpaired) electrons. The molecule has 0 spiro atoms.